The summed E-state index contributed by atoms with van der Waals surface area (Å²) < 4.78 is 11.6. The van der Waals surface area contributed by atoms with Crippen LogP contribution in [-0.2, 0) is 11.3 Å². The zero-order valence-corrected chi connectivity index (χ0v) is 21.7. The summed E-state index contributed by atoms with van der Waals surface area (Å²) in [5.41, 5.74) is 4.98. The summed E-state index contributed by atoms with van der Waals surface area (Å²) in [6.45, 7) is 7.05. The van der Waals surface area contributed by atoms with Gasteiger partial charge in [-0.2, -0.15) is 0 Å². The third-order valence-corrected chi connectivity index (χ3v) is 6.45. The number of hydrogen-bond donors (Lipinski definition) is 2. The lowest BCUT2D eigenvalue weighted by Crippen LogP contribution is -2.29. The van der Waals surface area contributed by atoms with Crippen LogP contribution in [0.5, 0.6) is 11.5 Å². The standard InChI is InChI=1S/C29H34ClN3O3/c1-3-35-28-17-22(9-14-27(28)36-20-29(34)32-23-10-7-21(2)8-11-23)19-31-24-12-13-26(25(30)18-24)33-15-5-4-6-16-33/h7-14,17-18,31H,3-6,15-16,19-20H2,1-2H3,(H,32,34). The maximum Gasteiger partial charge on any atom is 0.262 e. The van der Waals surface area contributed by atoms with Crippen LogP contribution in [0.4, 0.5) is 17.1 Å². The van der Waals surface area contributed by atoms with Crippen molar-refractivity contribution in [3.63, 3.8) is 0 Å². The molecule has 0 aromatic heterocycles. The lowest BCUT2D eigenvalue weighted by Gasteiger charge is -2.29. The van der Waals surface area contributed by atoms with Gasteiger partial charge in [-0.25, -0.2) is 0 Å². The number of ether oxygens (including phenoxy) is 2. The Kier molecular flexibility index (Phi) is 8.95. The number of carbonyl (C=O) groups excluding carboxylic acids is 1. The highest BCUT2D eigenvalue weighted by Crippen LogP contribution is 2.32. The normalized spacial score (nSPS) is 13.2. The van der Waals surface area contributed by atoms with Gasteiger partial charge in [0.15, 0.2) is 18.1 Å². The van der Waals surface area contributed by atoms with Crippen LogP contribution in [0.15, 0.2) is 60.7 Å². The molecular formula is C29H34ClN3O3. The van der Waals surface area contributed by atoms with Gasteiger partial charge in [0.2, 0.25) is 0 Å². The molecular weight excluding hydrogens is 474 g/mol. The fourth-order valence-corrected chi connectivity index (χ4v) is 4.54. The molecule has 36 heavy (non-hydrogen) atoms. The topological polar surface area (TPSA) is 62.8 Å². The smallest absolute Gasteiger partial charge is 0.262 e. The molecule has 0 spiro atoms. The molecule has 0 saturated carbocycles. The van der Waals surface area contributed by atoms with Crippen molar-refractivity contribution in [1.29, 1.82) is 0 Å². The number of benzene rings is 3. The van der Waals surface area contributed by atoms with E-state index in [1.54, 1.807) is 0 Å². The Morgan fingerprint density at radius 3 is 2.39 bits per heavy atom. The van der Waals surface area contributed by atoms with Gasteiger partial charge in [-0.1, -0.05) is 35.4 Å². The van der Waals surface area contributed by atoms with Crippen molar-refractivity contribution in [3.05, 3.63) is 76.8 Å². The van der Waals surface area contributed by atoms with E-state index in [9.17, 15) is 4.79 Å². The average Bonchev–Trinajstić information content (AvgIpc) is 2.89. The van der Waals surface area contributed by atoms with Crippen LogP contribution in [-0.4, -0.2) is 32.2 Å². The maximum atomic E-state index is 12.3. The van der Waals surface area contributed by atoms with E-state index in [0.29, 0.717) is 24.7 Å². The van der Waals surface area contributed by atoms with Crippen LogP contribution in [0, 0.1) is 6.92 Å². The van der Waals surface area contributed by atoms with Gasteiger partial charge in [0.05, 0.1) is 17.3 Å². The molecule has 4 rings (SSSR count). The summed E-state index contributed by atoms with van der Waals surface area (Å²) >= 11 is 6.60. The summed E-state index contributed by atoms with van der Waals surface area (Å²) in [6, 6.07) is 19.5. The molecule has 0 atom stereocenters. The highest BCUT2D eigenvalue weighted by molar-refractivity contribution is 6.33. The van der Waals surface area contributed by atoms with Gasteiger partial charge in [-0.05, 0) is 81.1 Å². The minimum absolute atomic E-state index is 0.104. The van der Waals surface area contributed by atoms with Gasteiger partial charge < -0.3 is 25.0 Å². The average molecular weight is 508 g/mol. The molecule has 1 aliphatic rings. The molecule has 190 valence electrons. The number of nitrogens with one attached hydrogen (secondary N) is 2. The zero-order chi connectivity index (χ0) is 25.3. The van der Waals surface area contributed by atoms with Crippen molar-refractivity contribution in [2.45, 2.75) is 39.7 Å². The third-order valence-electron chi connectivity index (χ3n) is 6.14. The number of amides is 1. The second-order valence-electron chi connectivity index (χ2n) is 8.98. The summed E-state index contributed by atoms with van der Waals surface area (Å²) in [5.74, 6) is 0.920. The molecule has 3 aromatic carbocycles. The number of halogens is 1. The predicted octanol–water partition coefficient (Wildman–Crippen LogP) is 6.67. The molecule has 1 fully saturated rings. The van der Waals surface area contributed by atoms with E-state index in [1.807, 2.05) is 62.4 Å². The molecule has 0 unspecified atom stereocenters. The van der Waals surface area contributed by atoms with Gasteiger partial charge >= 0.3 is 0 Å². The van der Waals surface area contributed by atoms with Crippen molar-refractivity contribution >= 4 is 34.6 Å². The Hall–Kier alpha value is -3.38. The molecule has 1 heterocycles. The van der Waals surface area contributed by atoms with Crippen LogP contribution in [0.3, 0.4) is 0 Å². The highest BCUT2D eigenvalue weighted by atomic mass is 35.5. The lowest BCUT2D eigenvalue weighted by molar-refractivity contribution is -0.118. The van der Waals surface area contributed by atoms with Crippen molar-refractivity contribution < 1.29 is 14.3 Å². The fourth-order valence-electron chi connectivity index (χ4n) is 4.24. The van der Waals surface area contributed by atoms with Crippen molar-refractivity contribution in [3.8, 4) is 11.5 Å². The molecule has 0 aliphatic carbocycles. The van der Waals surface area contributed by atoms with Crippen molar-refractivity contribution in [1.82, 2.24) is 0 Å². The van der Waals surface area contributed by atoms with E-state index < -0.39 is 0 Å². The largest absolute Gasteiger partial charge is 0.490 e. The van der Waals surface area contributed by atoms with Gasteiger partial charge in [-0.3, -0.25) is 4.79 Å². The number of rotatable bonds is 10. The lowest BCUT2D eigenvalue weighted by atomic mass is 10.1. The van der Waals surface area contributed by atoms with Crippen LogP contribution in [0.1, 0.15) is 37.3 Å². The quantitative estimate of drug-likeness (QED) is 0.321. The third kappa shape index (κ3) is 7.08. The SMILES string of the molecule is CCOc1cc(CNc2ccc(N3CCCCC3)c(Cl)c2)ccc1OCC(=O)Nc1ccc(C)cc1. The second-order valence-corrected chi connectivity index (χ2v) is 9.39. The van der Waals surface area contributed by atoms with E-state index in [0.717, 1.165) is 46.3 Å². The van der Waals surface area contributed by atoms with Crippen LogP contribution >= 0.6 is 11.6 Å². The number of anilines is 3. The van der Waals surface area contributed by atoms with E-state index in [2.05, 4.69) is 27.7 Å². The number of piperidine rings is 1. The van der Waals surface area contributed by atoms with Crippen LogP contribution < -0.4 is 25.0 Å². The highest BCUT2D eigenvalue weighted by Gasteiger charge is 2.14. The first kappa shape index (κ1) is 25.7. The number of carbonyl (C=O) groups is 1. The number of nitrogens with zero attached hydrogens (tertiary/aromatic N) is 1. The molecule has 0 radical (unpaired) electrons. The van der Waals surface area contributed by atoms with Crippen LogP contribution in [0.25, 0.3) is 0 Å². The molecule has 6 nitrogen and oxygen atoms in total. The monoisotopic (exact) mass is 507 g/mol. The maximum absolute atomic E-state index is 12.3. The second kappa shape index (κ2) is 12.5. The fraction of sp³-hybridized carbons (Fsp3) is 0.345. The van der Waals surface area contributed by atoms with E-state index >= 15 is 0 Å². The summed E-state index contributed by atoms with van der Waals surface area (Å²) in [4.78, 5) is 14.7. The summed E-state index contributed by atoms with van der Waals surface area (Å²) in [5, 5.41) is 7.05. The predicted molar refractivity (Wildman–Crippen MR) is 148 cm³/mol. The zero-order valence-electron chi connectivity index (χ0n) is 21.0. The van der Waals surface area contributed by atoms with Gasteiger partial charge in [0.1, 0.15) is 0 Å². The number of aryl methyl sites for hydroxylation is 1. The number of hydrogen-bond acceptors (Lipinski definition) is 5. The molecule has 2 N–H and O–H groups in total. The van der Waals surface area contributed by atoms with Gasteiger partial charge in [-0.15, -0.1) is 0 Å². The van der Waals surface area contributed by atoms with Crippen molar-refractivity contribution in [2.24, 2.45) is 0 Å². The Labute approximate surface area is 218 Å². The Balaban J connectivity index is 1.34. The van der Waals surface area contributed by atoms with Gasteiger partial charge in [0.25, 0.3) is 5.91 Å². The Bertz CT molecular complexity index is 1160. The van der Waals surface area contributed by atoms with Gasteiger partial charge in [0, 0.05) is 31.0 Å². The first-order valence-electron chi connectivity index (χ1n) is 12.5. The molecule has 1 saturated heterocycles. The Morgan fingerprint density at radius 2 is 1.67 bits per heavy atom. The molecule has 7 heteroatoms. The van der Waals surface area contributed by atoms with E-state index in [4.69, 9.17) is 21.1 Å². The minimum atomic E-state index is -0.225. The molecule has 1 aliphatic heterocycles. The minimum Gasteiger partial charge on any atom is -0.490 e. The first-order valence-corrected chi connectivity index (χ1v) is 12.9. The molecule has 3 aromatic rings. The first-order chi connectivity index (χ1) is 17.5. The van der Waals surface area contributed by atoms with Crippen molar-refractivity contribution in [2.75, 3.05) is 41.8 Å². The van der Waals surface area contributed by atoms with E-state index in [-0.39, 0.29) is 12.5 Å². The van der Waals surface area contributed by atoms with E-state index in [1.165, 1.54) is 19.3 Å². The summed E-state index contributed by atoms with van der Waals surface area (Å²) in [6.07, 6.45) is 3.73. The van der Waals surface area contributed by atoms with Crippen LogP contribution in [0.2, 0.25) is 5.02 Å². The summed E-state index contributed by atoms with van der Waals surface area (Å²) in [7, 11) is 0. The molecule has 0 bridgehead atoms. The Morgan fingerprint density at radius 1 is 0.917 bits per heavy atom. The molecule has 1 amide bonds.